The largest absolute Gasteiger partial charge is 0.480 e. The number of hydrogen-bond acceptors (Lipinski definition) is 3. The van der Waals surface area contributed by atoms with E-state index in [1.807, 2.05) is 37.5 Å². The van der Waals surface area contributed by atoms with Gasteiger partial charge in [0.2, 0.25) is 0 Å². The van der Waals surface area contributed by atoms with Gasteiger partial charge in [-0.05, 0) is 11.6 Å². The first-order chi connectivity index (χ1) is 8.66. The van der Waals surface area contributed by atoms with E-state index in [-0.39, 0.29) is 0 Å². The van der Waals surface area contributed by atoms with Gasteiger partial charge in [-0.3, -0.25) is 14.8 Å². The van der Waals surface area contributed by atoms with Crippen molar-refractivity contribution in [1.29, 1.82) is 0 Å². The summed E-state index contributed by atoms with van der Waals surface area (Å²) in [6.45, 7) is 0.423. The van der Waals surface area contributed by atoms with Crippen molar-refractivity contribution in [3.8, 4) is 0 Å². The molecule has 0 saturated heterocycles. The molecule has 5 heteroatoms. The highest BCUT2D eigenvalue weighted by molar-refractivity contribution is 5.75. The van der Waals surface area contributed by atoms with Crippen molar-refractivity contribution in [2.24, 2.45) is 7.05 Å². The smallest absolute Gasteiger partial charge is 0.325 e. The summed E-state index contributed by atoms with van der Waals surface area (Å²) in [7, 11) is 1.83. The fraction of sp³-hybridized carbons (Fsp3) is 0.231. The van der Waals surface area contributed by atoms with E-state index >= 15 is 0 Å². The number of carbonyl (C=O) groups is 1. The van der Waals surface area contributed by atoms with Crippen molar-refractivity contribution < 1.29 is 9.90 Å². The van der Waals surface area contributed by atoms with Crippen LogP contribution in [0.4, 0.5) is 0 Å². The highest BCUT2D eigenvalue weighted by atomic mass is 16.4. The van der Waals surface area contributed by atoms with Crippen LogP contribution in [0.1, 0.15) is 17.3 Å². The zero-order chi connectivity index (χ0) is 13.0. The van der Waals surface area contributed by atoms with Crippen molar-refractivity contribution in [2.75, 3.05) is 0 Å². The third kappa shape index (κ3) is 2.95. The number of rotatable bonds is 5. The first-order valence-electron chi connectivity index (χ1n) is 5.66. The minimum Gasteiger partial charge on any atom is -0.480 e. The topological polar surface area (TPSA) is 67.2 Å². The van der Waals surface area contributed by atoms with E-state index in [0.717, 1.165) is 11.3 Å². The van der Waals surface area contributed by atoms with Gasteiger partial charge in [-0.25, -0.2) is 0 Å². The number of aryl methyl sites for hydroxylation is 1. The molecular weight excluding hydrogens is 230 g/mol. The zero-order valence-corrected chi connectivity index (χ0v) is 10.1. The van der Waals surface area contributed by atoms with E-state index in [1.54, 1.807) is 16.8 Å². The SMILES string of the molecule is Cn1ccc(CNC(C(=O)O)c2ccccc2)n1. The molecule has 1 aromatic heterocycles. The summed E-state index contributed by atoms with van der Waals surface area (Å²) in [5.74, 6) is -0.892. The molecule has 18 heavy (non-hydrogen) atoms. The summed E-state index contributed by atoms with van der Waals surface area (Å²) in [6, 6.07) is 10.3. The standard InChI is InChI=1S/C13H15N3O2/c1-16-8-7-11(15-16)9-14-12(13(17)18)10-5-3-2-4-6-10/h2-8,12,14H,9H2,1H3,(H,17,18). The number of aliphatic carboxylic acids is 1. The Balaban J connectivity index is 2.06. The zero-order valence-electron chi connectivity index (χ0n) is 10.1. The minimum absolute atomic E-state index is 0.423. The van der Waals surface area contributed by atoms with Gasteiger partial charge in [-0.15, -0.1) is 0 Å². The fourth-order valence-electron chi connectivity index (χ4n) is 1.76. The molecule has 1 atom stereocenters. The number of carboxylic acids is 1. The molecule has 2 N–H and O–H groups in total. The molecule has 0 bridgehead atoms. The fourth-order valence-corrected chi connectivity index (χ4v) is 1.76. The Morgan fingerprint density at radius 3 is 2.67 bits per heavy atom. The molecule has 0 radical (unpaired) electrons. The Morgan fingerprint density at radius 1 is 1.39 bits per heavy atom. The second-order valence-electron chi connectivity index (χ2n) is 4.04. The van der Waals surface area contributed by atoms with Gasteiger partial charge in [-0.2, -0.15) is 5.10 Å². The van der Waals surface area contributed by atoms with Crippen LogP contribution in [0.5, 0.6) is 0 Å². The molecule has 0 saturated carbocycles. The number of benzene rings is 1. The first-order valence-corrected chi connectivity index (χ1v) is 5.66. The Bertz CT molecular complexity index is 522. The average Bonchev–Trinajstić information content (AvgIpc) is 2.76. The second-order valence-corrected chi connectivity index (χ2v) is 4.04. The molecule has 2 rings (SSSR count). The van der Waals surface area contributed by atoms with E-state index in [9.17, 15) is 9.90 Å². The normalized spacial score (nSPS) is 12.3. The summed E-state index contributed by atoms with van der Waals surface area (Å²) in [5.41, 5.74) is 1.56. The lowest BCUT2D eigenvalue weighted by Gasteiger charge is -2.13. The van der Waals surface area contributed by atoms with Gasteiger partial charge < -0.3 is 5.11 Å². The molecule has 1 aromatic carbocycles. The molecular formula is C13H15N3O2. The number of nitrogens with zero attached hydrogens (tertiary/aromatic N) is 2. The van der Waals surface area contributed by atoms with Crippen molar-refractivity contribution in [3.05, 3.63) is 53.9 Å². The number of hydrogen-bond donors (Lipinski definition) is 2. The molecule has 1 unspecified atom stereocenters. The predicted octanol–water partition coefficient (Wildman–Crippen LogP) is 1.34. The van der Waals surface area contributed by atoms with E-state index in [0.29, 0.717) is 6.54 Å². The second kappa shape index (κ2) is 5.46. The van der Waals surface area contributed by atoms with Crippen molar-refractivity contribution in [1.82, 2.24) is 15.1 Å². The average molecular weight is 245 g/mol. The van der Waals surface area contributed by atoms with Crippen LogP contribution in [0.2, 0.25) is 0 Å². The summed E-state index contributed by atoms with van der Waals surface area (Å²) in [4.78, 5) is 11.2. The monoisotopic (exact) mass is 245 g/mol. The molecule has 0 aliphatic heterocycles. The van der Waals surface area contributed by atoms with Gasteiger partial charge in [0.05, 0.1) is 5.69 Å². The summed E-state index contributed by atoms with van der Waals surface area (Å²) >= 11 is 0. The lowest BCUT2D eigenvalue weighted by atomic mass is 10.1. The minimum atomic E-state index is -0.892. The summed E-state index contributed by atoms with van der Waals surface area (Å²) < 4.78 is 1.69. The molecule has 0 fully saturated rings. The van der Waals surface area contributed by atoms with Crippen LogP contribution < -0.4 is 5.32 Å². The molecule has 0 aliphatic carbocycles. The highest BCUT2D eigenvalue weighted by Crippen LogP contribution is 2.13. The van der Waals surface area contributed by atoms with E-state index in [1.165, 1.54) is 0 Å². The van der Waals surface area contributed by atoms with E-state index in [2.05, 4.69) is 10.4 Å². The third-order valence-corrected chi connectivity index (χ3v) is 2.64. The van der Waals surface area contributed by atoms with Crippen molar-refractivity contribution in [2.45, 2.75) is 12.6 Å². The van der Waals surface area contributed by atoms with Crippen molar-refractivity contribution in [3.63, 3.8) is 0 Å². The van der Waals surface area contributed by atoms with Crippen LogP contribution in [0.3, 0.4) is 0 Å². The van der Waals surface area contributed by atoms with Gasteiger partial charge in [0.1, 0.15) is 6.04 Å². The molecule has 0 aliphatic rings. The maximum atomic E-state index is 11.2. The Kier molecular flexibility index (Phi) is 3.74. The summed E-state index contributed by atoms with van der Waals surface area (Å²) in [5, 5.41) is 16.4. The van der Waals surface area contributed by atoms with Crippen LogP contribution in [0.25, 0.3) is 0 Å². The predicted molar refractivity (Wildman–Crippen MR) is 66.9 cm³/mol. The molecule has 5 nitrogen and oxygen atoms in total. The van der Waals surface area contributed by atoms with Gasteiger partial charge in [0.15, 0.2) is 0 Å². The van der Waals surface area contributed by atoms with E-state index < -0.39 is 12.0 Å². The van der Waals surface area contributed by atoms with Gasteiger partial charge in [0.25, 0.3) is 0 Å². The maximum Gasteiger partial charge on any atom is 0.325 e. The first kappa shape index (κ1) is 12.3. The van der Waals surface area contributed by atoms with Gasteiger partial charge >= 0.3 is 5.97 Å². The Morgan fingerprint density at radius 2 is 2.11 bits per heavy atom. The van der Waals surface area contributed by atoms with Crippen LogP contribution in [-0.2, 0) is 18.4 Å². The lowest BCUT2D eigenvalue weighted by molar-refractivity contribution is -0.139. The Hall–Kier alpha value is -2.14. The molecule has 0 amide bonds. The van der Waals surface area contributed by atoms with Crippen LogP contribution in [-0.4, -0.2) is 20.9 Å². The van der Waals surface area contributed by atoms with Crippen molar-refractivity contribution >= 4 is 5.97 Å². The quantitative estimate of drug-likeness (QED) is 0.834. The van der Waals surface area contributed by atoms with Crippen LogP contribution >= 0.6 is 0 Å². The van der Waals surface area contributed by atoms with Crippen LogP contribution in [0.15, 0.2) is 42.6 Å². The third-order valence-electron chi connectivity index (χ3n) is 2.64. The highest BCUT2D eigenvalue weighted by Gasteiger charge is 2.18. The van der Waals surface area contributed by atoms with E-state index in [4.69, 9.17) is 0 Å². The maximum absolute atomic E-state index is 11.2. The van der Waals surface area contributed by atoms with Crippen LogP contribution in [0, 0.1) is 0 Å². The van der Waals surface area contributed by atoms with Gasteiger partial charge in [0, 0.05) is 19.8 Å². The number of nitrogens with one attached hydrogen (secondary N) is 1. The molecule has 1 heterocycles. The Labute approximate surface area is 105 Å². The summed E-state index contributed by atoms with van der Waals surface area (Å²) in [6.07, 6.45) is 1.83. The number of carboxylic acid groups (broad SMARTS) is 1. The molecule has 2 aromatic rings. The van der Waals surface area contributed by atoms with Gasteiger partial charge in [-0.1, -0.05) is 30.3 Å². The molecule has 94 valence electrons. The molecule has 0 spiro atoms. The lowest BCUT2D eigenvalue weighted by Crippen LogP contribution is -2.28. The number of aromatic nitrogens is 2.